The van der Waals surface area contributed by atoms with E-state index >= 15 is 0 Å². The van der Waals surface area contributed by atoms with Crippen molar-refractivity contribution in [3.63, 3.8) is 0 Å². The number of hydrogen-bond acceptors (Lipinski definition) is 0. The summed E-state index contributed by atoms with van der Waals surface area (Å²) in [4.78, 5) is 0. The highest BCUT2D eigenvalue weighted by Gasteiger charge is 2.11. The summed E-state index contributed by atoms with van der Waals surface area (Å²) >= 11 is 28.6. The Morgan fingerprint density at radius 1 is 0.917 bits per heavy atom. The van der Waals surface area contributed by atoms with Gasteiger partial charge in [-0.15, -0.1) is 11.6 Å². The topological polar surface area (TPSA) is 0 Å². The molecule has 0 heterocycles. The minimum Gasteiger partial charge on any atom is -0.121 e. The lowest BCUT2D eigenvalue weighted by Gasteiger charge is -2.05. The van der Waals surface area contributed by atoms with Gasteiger partial charge in [0.05, 0.1) is 20.1 Å². The van der Waals surface area contributed by atoms with Crippen LogP contribution >= 0.6 is 58.0 Å². The highest BCUT2D eigenvalue weighted by Crippen LogP contribution is 2.38. The summed E-state index contributed by atoms with van der Waals surface area (Å²) in [7, 11) is 0. The summed E-state index contributed by atoms with van der Waals surface area (Å²) < 4.78 is 0. The molecule has 1 aromatic carbocycles. The van der Waals surface area contributed by atoms with Crippen molar-refractivity contribution in [3.8, 4) is 0 Å². The molecule has 1 rings (SSSR count). The van der Waals surface area contributed by atoms with Crippen LogP contribution in [0.1, 0.15) is 5.56 Å². The minimum absolute atomic E-state index is 0.251. The average Bonchev–Trinajstić information content (AvgIpc) is 2.08. The van der Waals surface area contributed by atoms with Crippen molar-refractivity contribution in [1.29, 1.82) is 0 Å². The van der Waals surface area contributed by atoms with Crippen molar-refractivity contribution in [3.05, 3.63) is 31.7 Å². The number of benzene rings is 1. The predicted octanol–water partition coefficient (Wildman–Crippen LogP) is 5.04. The van der Waals surface area contributed by atoms with Gasteiger partial charge >= 0.3 is 0 Å². The smallest absolute Gasteiger partial charge is 0.0796 e. The Balaban J connectivity index is 3.39. The maximum Gasteiger partial charge on any atom is 0.0796 e. The van der Waals surface area contributed by atoms with Gasteiger partial charge in [-0.3, -0.25) is 0 Å². The molecule has 0 spiro atoms. The molecule has 0 saturated carbocycles. The van der Waals surface area contributed by atoms with Crippen LogP contribution in [-0.2, 0) is 5.88 Å². The van der Waals surface area contributed by atoms with Gasteiger partial charge in [0.2, 0.25) is 0 Å². The summed E-state index contributed by atoms with van der Waals surface area (Å²) in [5.74, 6) is 0.259. The molecule has 0 aliphatic carbocycles. The maximum absolute atomic E-state index is 5.81. The first kappa shape index (κ1) is 10.7. The number of halogens is 5. The molecule has 0 nitrogen and oxygen atoms in total. The van der Waals surface area contributed by atoms with Gasteiger partial charge in [0.1, 0.15) is 0 Å². The fourth-order valence-corrected chi connectivity index (χ4v) is 1.91. The molecule has 1 aromatic rings. The summed E-state index contributed by atoms with van der Waals surface area (Å²) in [5.41, 5.74) is 0.678. The molecule has 12 heavy (non-hydrogen) atoms. The Morgan fingerprint density at radius 2 is 1.50 bits per heavy atom. The number of hydrogen-bond donors (Lipinski definition) is 0. The molecule has 0 saturated heterocycles. The van der Waals surface area contributed by atoms with E-state index < -0.39 is 0 Å². The van der Waals surface area contributed by atoms with Crippen LogP contribution in [0, 0.1) is 0 Å². The second kappa shape index (κ2) is 4.26. The molecular formula is C7H3Cl5. The Kier molecular flexibility index (Phi) is 3.81. The molecule has 0 aliphatic heterocycles. The molecule has 0 bridgehead atoms. The van der Waals surface area contributed by atoms with Gasteiger partial charge < -0.3 is 0 Å². The van der Waals surface area contributed by atoms with Gasteiger partial charge in [-0.05, 0) is 11.6 Å². The van der Waals surface area contributed by atoms with Crippen molar-refractivity contribution in [2.24, 2.45) is 0 Å². The molecular weight excluding hydrogens is 261 g/mol. The first-order chi connectivity index (χ1) is 5.57. The fourth-order valence-electron chi connectivity index (χ4n) is 0.719. The van der Waals surface area contributed by atoms with E-state index in [9.17, 15) is 0 Å². The monoisotopic (exact) mass is 262 g/mol. The Hall–Kier alpha value is 0.670. The normalized spacial score (nSPS) is 10.4. The molecule has 66 valence electrons. The van der Waals surface area contributed by atoms with Crippen LogP contribution in [0.3, 0.4) is 0 Å². The highest BCUT2D eigenvalue weighted by molar-refractivity contribution is 6.52. The van der Waals surface area contributed by atoms with E-state index in [0.29, 0.717) is 15.6 Å². The third-order valence-corrected chi connectivity index (χ3v) is 3.40. The number of alkyl halides is 1. The first-order valence-corrected chi connectivity index (χ1v) is 5.00. The van der Waals surface area contributed by atoms with Gasteiger partial charge in [-0.2, -0.15) is 0 Å². The Labute approximate surface area is 95.3 Å². The summed E-state index contributed by atoms with van der Waals surface area (Å²) in [6.07, 6.45) is 0. The van der Waals surface area contributed by atoms with E-state index in [1.807, 2.05) is 0 Å². The zero-order chi connectivity index (χ0) is 9.30. The largest absolute Gasteiger partial charge is 0.121 e. The second-order valence-electron chi connectivity index (χ2n) is 2.09. The fraction of sp³-hybridized carbons (Fsp3) is 0.143. The predicted molar refractivity (Wildman–Crippen MR) is 56.0 cm³/mol. The average molecular weight is 264 g/mol. The molecule has 0 unspecified atom stereocenters. The lowest BCUT2D eigenvalue weighted by atomic mass is 10.2. The zero-order valence-electron chi connectivity index (χ0n) is 5.67. The Morgan fingerprint density at radius 3 is 2.00 bits per heavy atom. The van der Waals surface area contributed by atoms with E-state index in [-0.39, 0.29) is 15.9 Å². The highest BCUT2D eigenvalue weighted by atomic mass is 35.5. The second-order valence-corrected chi connectivity index (χ2v) is 3.90. The van der Waals surface area contributed by atoms with Crippen LogP contribution in [0.15, 0.2) is 6.07 Å². The number of rotatable bonds is 1. The maximum atomic E-state index is 5.81. The quantitative estimate of drug-likeness (QED) is 0.379. The SMILES string of the molecule is ClCc1cc(Cl)c(Cl)c(Cl)c1Cl. The third kappa shape index (κ3) is 1.94. The Bertz CT molecular complexity index is 307. The lowest BCUT2D eigenvalue weighted by Crippen LogP contribution is -1.83. The van der Waals surface area contributed by atoms with Gasteiger partial charge in [0.25, 0.3) is 0 Å². The van der Waals surface area contributed by atoms with E-state index in [0.717, 1.165) is 0 Å². The van der Waals surface area contributed by atoms with Crippen LogP contribution in [0.2, 0.25) is 20.1 Å². The first-order valence-electron chi connectivity index (χ1n) is 2.95. The van der Waals surface area contributed by atoms with E-state index in [4.69, 9.17) is 58.0 Å². The molecule has 0 aromatic heterocycles. The molecule has 0 radical (unpaired) electrons. The summed E-state index contributed by atoms with van der Waals surface area (Å²) in [6.45, 7) is 0. The van der Waals surface area contributed by atoms with Crippen LogP contribution in [-0.4, -0.2) is 0 Å². The van der Waals surface area contributed by atoms with Crippen molar-refractivity contribution < 1.29 is 0 Å². The van der Waals surface area contributed by atoms with Crippen molar-refractivity contribution in [2.45, 2.75) is 5.88 Å². The van der Waals surface area contributed by atoms with Gasteiger partial charge in [-0.25, -0.2) is 0 Å². The van der Waals surface area contributed by atoms with E-state index in [1.165, 1.54) is 0 Å². The van der Waals surface area contributed by atoms with Gasteiger partial charge in [0, 0.05) is 5.88 Å². The molecule has 0 atom stereocenters. The van der Waals surface area contributed by atoms with Crippen LogP contribution in [0.5, 0.6) is 0 Å². The van der Waals surface area contributed by atoms with E-state index in [1.54, 1.807) is 6.07 Å². The van der Waals surface area contributed by atoms with Gasteiger partial charge in [0.15, 0.2) is 0 Å². The van der Waals surface area contributed by atoms with Crippen LogP contribution in [0.4, 0.5) is 0 Å². The molecule has 0 fully saturated rings. The molecule has 0 amide bonds. The summed E-state index contributed by atoms with van der Waals surface area (Å²) in [6, 6.07) is 1.60. The third-order valence-electron chi connectivity index (χ3n) is 1.32. The molecule has 0 N–H and O–H groups in total. The minimum atomic E-state index is 0.251. The standard InChI is InChI=1S/C7H3Cl5/c8-2-3-1-4(9)6(11)7(12)5(3)10/h1H,2H2. The summed E-state index contributed by atoms with van der Waals surface area (Å²) in [5, 5.41) is 1.24. The van der Waals surface area contributed by atoms with Crippen molar-refractivity contribution in [2.75, 3.05) is 0 Å². The van der Waals surface area contributed by atoms with Crippen molar-refractivity contribution in [1.82, 2.24) is 0 Å². The van der Waals surface area contributed by atoms with Crippen LogP contribution in [0.25, 0.3) is 0 Å². The lowest BCUT2D eigenvalue weighted by molar-refractivity contribution is 1.40. The molecule has 0 aliphatic rings. The van der Waals surface area contributed by atoms with Crippen molar-refractivity contribution >= 4 is 58.0 Å². The van der Waals surface area contributed by atoms with Crippen LogP contribution < -0.4 is 0 Å². The zero-order valence-corrected chi connectivity index (χ0v) is 9.45. The molecule has 5 heteroatoms. The van der Waals surface area contributed by atoms with Gasteiger partial charge in [-0.1, -0.05) is 46.4 Å². The van der Waals surface area contributed by atoms with E-state index in [2.05, 4.69) is 0 Å².